The van der Waals surface area contributed by atoms with Gasteiger partial charge in [0.05, 0.1) is 12.6 Å². The Morgan fingerprint density at radius 3 is 2.47 bits per heavy atom. The molecule has 1 fully saturated rings. The average Bonchev–Trinajstić information content (AvgIpc) is 2.27. The number of carbonyl (C=O) groups is 2. The fourth-order valence-corrected chi connectivity index (χ4v) is 1.83. The first-order valence-corrected chi connectivity index (χ1v) is 6.70. The smallest absolute Gasteiger partial charge is 0.407 e. The molecule has 1 heterocycles. The van der Waals surface area contributed by atoms with Crippen molar-refractivity contribution in [3.05, 3.63) is 0 Å². The molecule has 110 valence electrons. The molecule has 0 aliphatic carbocycles. The third kappa shape index (κ3) is 5.92. The number of ether oxygens (including phenoxy) is 2. The first kappa shape index (κ1) is 15.8. The molecule has 2 amide bonds. The van der Waals surface area contributed by atoms with Gasteiger partial charge in [-0.15, -0.1) is 0 Å². The van der Waals surface area contributed by atoms with Crippen molar-refractivity contribution in [3.63, 3.8) is 0 Å². The minimum atomic E-state index is -0.511. The maximum absolute atomic E-state index is 11.6. The number of hydrogen-bond acceptors (Lipinski definition) is 4. The van der Waals surface area contributed by atoms with Gasteiger partial charge in [-0.2, -0.15) is 0 Å². The number of rotatable bonds is 3. The van der Waals surface area contributed by atoms with Crippen LogP contribution in [0.5, 0.6) is 0 Å². The van der Waals surface area contributed by atoms with Gasteiger partial charge in [0, 0.05) is 6.54 Å². The van der Waals surface area contributed by atoms with Crippen LogP contribution in [0.4, 0.5) is 4.79 Å². The molecule has 6 nitrogen and oxygen atoms in total. The Labute approximate surface area is 114 Å². The molecule has 2 atom stereocenters. The fraction of sp³-hybridized carbons (Fsp3) is 0.846. The van der Waals surface area contributed by atoms with Crippen LogP contribution in [0.2, 0.25) is 0 Å². The zero-order chi connectivity index (χ0) is 14.5. The maximum atomic E-state index is 11.6. The molecule has 0 radical (unpaired) electrons. The van der Waals surface area contributed by atoms with Crippen molar-refractivity contribution in [2.45, 2.75) is 58.3 Å². The molecule has 2 N–H and O–H groups in total. The Morgan fingerprint density at radius 2 is 2.00 bits per heavy atom. The predicted molar refractivity (Wildman–Crippen MR) is 70.8 cm³/mol. The minimum absolute atomic E-state index is 0.0850. The van der Waals surface area contributed by atoms with Gasteiger partial charge in [-0.25, -0.2) is 4.79 Å². The molecule has 0 aromatic heterocycles. The van der Waals surface area contributed by atoms with E-state index in [1.807, 2.05) is 27.7 Å². The number of carbonyl (C=O) groups excluding carboxylic acids is 2. The summed E-state index contributed by atoms with van der Waals surface area (Å²) in [7, 11) is 0. The van der Waals surface area contributed by atoms with Crippen LogP contribution in [0.1, 0.15) is 40.5 Å². The topological polar surface area (TPSA) is 76.7 Å². The quantitative estimate of drug-likeness (QED) is 0.809. The number of likely N-dealkylation sites (N-methyl/N-ethyl adjacent to an activating group) is 1. The number of amides is 2. The molecule has 6 heteroatoms. The van der Waals surface area contributed by atoms with Gasteiger partial charge in [0.1, 0.15) is 11.7 Å². The van der Waals surface area contributed by atoms with Crippen LogP contribution in [-0.2, 0) is 14.3 Å². The monoisotopic (exact) mass is 272 g/mol. The van der Waals surface area contributed by atoms with E-state index < -0.39 is 17.8 Å². The third-order valence-electron chi connectivity index (χ3n) is 2.64. The lowest BCUT2D eigenvalue weighted by atomic mass is 10.0. The molecule has 1 rings (SSSR count). The van der Waals surface area contributed by atoms with Crippen LogP contribution < -0.4 is 10.6 Å². The summed E-state index contributed by atoms with van der Waals surface area (Å²) in [5.41, 5.74) is -0.511. The van der Waals surface area contributed by atoms with E-state index in [4.69, 9.17) is 9.47 Å². The minimum Gasteiger partial charge on any atom is -0.444 e. The second-order valence-corrected chi connectivity index (χ2v) is 5.64. The molecule has 0 aromatic carbocycles. The van der Waals surface area contributed by atoms with E-state index >= 15 is 0 Å². The number of hydrogen-bond donors (Lipinski definition) is 2. The standard InChI is InChI=1S/C13H24N2O4/c1-5-14-11(16)10-7-6-9(8-18-10)15-12(17)19-13(2,3)4/h9-10H,5-8H2,1-4H3,(H,14,16)(H,15,17)/t9-,10+/m1/s1. The summed E-state index contributed by atoms with van der Waals surface area (Å²) in [6.07, 6.45) is 0.460. The molecule has 1 aliphatic rings. The van der Waals surface area contributed by atoms with Crippen molar-refractivity contribution in [1.82, 2.24) is 10.6 Å². The van der Waals surface area contributed by atoms with Crippen molar-refractivity contribution in [3.8, 4) is 0 Å². The van der Waals surface area contributed by atoms with Crippen molar-refractivity contribution >= 4 is 12.0 Å². The second-order valence-electron chi connectivity index (χ2n) is 5.64. The lowest BCUT2D eigenvalue weighted by molar-refractivity contribution is -0.136. The van der Waals surface area contributed by atoms with Crippen molar-refractivity contribution in [2.75, 3.05) is 13.2 Å². The largest absolute Gasteiger partial charge is 0.444 e. The molecule has 1 aliphatic heterocycles. The summed E-state index contributed by atoms with van der Waals surface area (Å²) in [5, 5.41) is 5.47. The highest BCUT2D eigenvalue weighted by molar-refractivity contribution is 5.80. The summed E-state index contributed by atoms with van der Waals surface area (Å²) in [6, 6.07) is -0.0967. The summed E-state index contributed by atoms with van der Waals surface area (Å²) in [5.74, 6) is -0.0850. The van der Waals surface area contributed by atoms with E-state index in [1.165, 1.54) is 0 Å². The van der Waals surface area contributed by atoms with Gasteiger partial charge in [0.2, 0.25) is 5.91 Å². The Hall–Kier alpha value is -1.30. The highest BCUT2D eigenvalue weighted by Gasteiger charge is 2.28. The van der Waals surface area contributed by atoms with Gasteiger partial charge >= 0.3 is 6.09 Å². The summed E-state index contributed by atoms with van der Waals surface area (Å²) >= 11 is 0. The third-order valence-corrected chi connectivity index (χ3v) is 2.64. The molecule has 0 saturated carbocycles. The van der Waals surface area contributed by atoms with Gasteiger partial charge in [0.25, 0.3) is 0 Å². The van der Waals surface area contributed by atoms with E-state index in [9.17, 15) is 9.59 Å². The van der Waals surface area contributed by atoms with Crippen molar-refractivity contribution < 1.29 is 19.1 Å². The van der Waals surface area contributed by atoms with E-state index in [0.717, 1.165) is 0 Å². The SMILES string of the molecule is CCNC(=O)[C@@H]1CC[C@@H](NC(=O)OC(C)(C)C)CO1. The number of nitrogens with one attached hydrogen (secondary N) is 2. The van der Waals surface area contributed by atoms with Gasteiger partial charge < -0.3 is 20.1 Å². The molecule has 19 heavy (non-hydrogen) atoms. The first-order chi connectivity index (χ1) is 8.81. The van der Waals surface area contributed by atoms with Crippen LogP contribution in [0.25, 0.3) is 0 Å². The molecule has 0 bridgehead atoms. The maximum Gasteiger partial charge on any atom is 0.407 e. The lowest BCUT2D eigenvalue weighted by Crippen LogP contribution is -2.48. The summed E-state index contributed by atoms with van der Waals surface area (Å²) < 4.78 is 10.6. The summed E-state index contributed by atoms with van der Waals surface area (Å²) in [6.45, 7) is 8.24. The van der Waals surface area contributed by atoms with Gasteiger partial charge in [-0.05, 0) is 40.5 Å². The van der Waals surface area contributed by atoms with E-state index in [-0.39, 0.29) is 11.9 Å². The van der Waals surface area contributed by atoms with Crippen LogP contribution in [-0.4, -0.2) is 42.9 Å². The van der Waals surface area contributed by atoms with Gasteiger partial charge in [0.15, 0.2) is 0 Å². The van der Waals surface area contributed by atoms with E-state index in [0.29, 0.717) is 26.0 Å². The molecule has 0 unspecified atom stereocenters. The molecule has 0 aromatic rings. The Morgan fingerprint density at radius 1 is 1.32 bits per heavy atom. The van der Waals surface area contributed by atoms with Crippen LogP contribution >= 0.6 is 0 Å². The Balaban J connectivity index is 2.30. The fourth-order valence-electron chi connectivity index (χ4n) is 1.83. The van der Waals surface area contributed by atoms with Gasteiger partial charge in [-0.3, -0.25) is 4.79 Å². The Bertz CT molecular complexity index is 317. The summed E-state index contributed by atoms with van der Waals surface area (Å²) in [4.78, 5) is 23.1. The van der Waals surface area contributed by atoms with Gasteiger partial charge in [-0.1, -0.05) is 0 Å². The molecular weight excluding hydrogens is 248 g/mol. The average molecular weight is 272 g/mol. The predicted octanol–water partition coefficient (Wildman–Crippen LogP) is 1.19. The molecule has 1 saturated heterocycles. The first-order valence-electron chi connectivity index (χ1n) is 6.70. The highest BCUT2D eigenvalue weighted by atomic mass is 16.6. The van der Waals surface area contributed by atoms with E-state index in [2.05, 4.69) is 10.6 Å². The number of alkyl carbamates (subject to hydrolysis) is 1. The van der Waals surface area contributed by atoms with Crippen LogP contribution in [0, 0.1) is 0 Å². The van der Waals surface area contributed by atoms with Crippen molar-refractivity contribution in [1.29, 1.82) is 0 Å². The second kappa shape index (κ2) is 6.75. The zero-order valence-corrected chi connectivity index (χ0v) is 12.1. The lowest BCUT2D eigenvalue weighted by Gasteiger charge is -2.29. The zero-order valence-electron chi connectivity index (χ0n) is 12.1. The molecular formula is C13H24N2O4. The molecule has 0 spiro atoms. The highest BCUT2D eigenvalue weighted by Crippen LogP contribution is 2.15. The Kier molecular flexibility index (Phi) is 5.60. The van der Waals surface area contributed by atoms with Crippen LogP contribution in [0.3, 0.4) is 0 Å². The normalized spacial score (nSPS) is 23.6. The van der Waals surface area contributed by atoms with Crippen molar-refractivity contribution in [2.24, 2.45) is 0 Å². The van der Waals surface area contributed by atoms with E-state index in [1.54, 1.807) is 0 Å². The van der Waals surface area contributed by atoms with Crippen LogP contribution in [0.15, 0.2) is 0 Å².